The molecule has 7 nitrogen and oxygen atoms in total. The van der Waals surface area contributed by atoms with Crippen LogP contribution in [0.2, 0.25) is 0 Å². The van der Waals surface area contributed by atoms with Gasteiger partial charge in [-0.15, -0.1) is 24.0 Å². The molecule has 0 aromatic heterocycles. The molecule has 1 aliphatic carbocycles. The average Bonchev–Trinajstić information content (AvgIpc) is 2.70. The van der Waals surface area contributed by atoms with Crippen molar-refractivity contribution in [3.05, 3.63) is 23.8 Å². The first-order valence-electron chi connectivity index (χ1n) is 10.9. The van der Waals surface area contributed by atoms with Gasteiger partial charge in [-0.1, -0.05) is 26.3 Å². The first-order valence-corrected chi connectivity index (χ1v) is 10.9. The summed E-state index contributed by atoms with van der Waals surface area (Å²) >= 11 is 0. The minimum absolute atomic E-state index is 0. The summed E-state index contributed by atoms with van der Waals surface area (Å²) in [5.74, 6) is 2.52. The summed E-state index contributed by atoms with van der Waals surface area (Å²) in [6.45, 7) is 8.59. The van der Waals surface area contributed by atoms with E-state index < -0.39 is 0 Å². The minimum Gasteiger partial charge on any atom is -0.493 e. The lowest BCUT2D eigenvalue weighted by Crippen LogP contribution is -2.46. The second-order valence-corrected chi connectivity index (χ2v) is 8.46. The van der Waals surface area contributed by atoms with E-state index in [0.29, 0.717) is 35.9 Å². The fraction of sp³-hybridized carbons (Fsp3) is 0.652. The maximum Gasteiger partial charge on any atom is 0.257 e. The number of carbonyl (C=O) groups is 1. The Kier molecular flexibility index (Phi) is 12.0. The van der Waals surface area contributed by atoms with Gasteiger partial charge >= 0.3 is 0 Å². The van der Waals surface area contributed by atoms with Gasteiger partial charge in [-0.2, -0.15) is 0 Å². The van der Waals surface area contributed by atoms with Crippen molar-refractivity contribution in [2.75, 3.05) is 33.9 Å². The predicted octanol–water partition coefficient (Wildman–Crippen LogP) is 3.71. The zero-order valence-corrected chi connectivity index (χ0v) is 21.9. The van der Waals surface area contributed by atoms with Gasteiger partial charge in [-0.3, -0.25) is 9.79 Å². The number of hydrogen-bond acceptors (Lipinski definition) is 4. The highest BCUT2D eigenvalue weighted by Gasteiger charge is 2.37. The fourth-order valence-corrected chi connectivity index (χ4v) is 4.01. The second kappa shape index (κ2) is 13.6. The third-order valence-electron chi connectivity index (χ3n) is 5.53. The topological polar surface area (TPSA) is 84.0 Å². The molecule has 8 heteroatoms. The first-order chi connectivity index (χ1) is 14.4. The molecule has 0 radical (unpaired) electrons. The molecule has 1 amide bonds. The van der Waals surface area contributed by atoms with E-state index in [1.807, 2.05) is 25.1 Å². The molecule has 3 N–H and O–H groups in total. The van der Waals surface area contributed by atoms with Crippen molar-refractivity contribution >= 4 is 35.8 Å². The molecule has 1 saturated carbocycles. The summed E-state index contributed by atoms with van der Waals surface area (Å²) in [6.07, 6.45) is 5.18. The second-order valence-electron chi connectivity index (χ2n) is 8.46. The normalized spacial score (nSPS) is 14.8. The van der Waals surface area contributed by atoms with Crippen LogP contribution in [0.5, 0.6) is 11.5 Å². The quantitative estimate of drug-likeness (QED) is 0.224. The number of guanidine groups is 1. The van der Waals surface area contributed by atoms with Gasteiger partial charge in [-0.05, 0) is 55.2 Å². The number of likely N-dealkylation sites (N-methyl/N-ethyl adjacent to an activating group) is 1. The molecule has 0 unspecified atom stereocenters. The smallest absolute Gasteiger partial charge is 0.257 e. The van der Waals surface area contributed by atoms with Crippen LogP contribution in [0.4, 0.5) is 0 Å². The van der Waals surface area contributed by atoms with Crippen LogP contribution in [-0.2, 0) is 11.3 Å². The lowest BCUT2D eigenvalue weighted by molar-refractivity contribution is -0.123. The van der Waals surface area contributed by atoms with Gasteiger partial charge < -0.3 is 25.4 Å². The van der Waals surface area contributed by atoms with Gasteiger partial charge in [0.05, 0.1) is 7.11 Å². The maximum atomic E-state index is 11.6. The van der Waals surface area contributed by atoms with Crippen LogP contribution < -0.4 is 25.4 Å². The molecule has 1 aromatic carbocycles. The van der Waals surface area contributed by atoms with E-state index in [0.717, 1.165) is 18.1 Å². The molecule has 1 aromatic rings. The molecule has 2 rings (SSSR count). The number of rotatable bonds is 11. The molecule has 1 aliphatic rings. The van der Waals surface area contributed by atoms with Gasteiger partial charge in [0.25, 0.3) is 5.91 Å². The Balaban J connectivity index is 0.00000480. The summed E-state index contributed by atoms with van der Waals surface area (Å²) in [7, 11) is 3.39. The number of ether oxygens (including phenoxy) is 2. The number of methoxy groups -OCH3 is 1. The van der Waals surface area contributed by atoms with Gasteiger partial charge in [0, 0.05) is 26.7 Å². The third kappa shape index (κ3) is 8.74. The predicted molar refractivity (Wildman–Crippen MR) is 137 cm³/mol. The van der Waals surface area contributed by atoms with Gasteiger partial charge in [0.2, 0.25) is 0 Å². The highest BCUT2D eigenvalue weighted by molar-refractivity contribution is 14.0. The molecular formula is C23H39IN4O3. The maximum absolute atomic E-state index is 11.6. The SMILES string of the molecule is CCNC(=O)COc1ccc(CNC(=NC)NCC2(CC(C)C)CCC2)cc1OC.I. The van der Waals surface area contributed by atoms with Crippen LogP contribution in [0.25, 0.3) is 0 Å². The Morgan fingerprint density at radius 2 is 1.94 bits per heavy atom. The minimum atomic E-state index is -0.151. The number of nitrogens with zero attached hydrogens (tertiary/aromatic N) is 1. The first kappa shape index (κ1) is 27.3. The molecule has 0 saturated heterocycles. The highest BCUT2D eigenvalue weighted by Crippen LogP contribution is 2.45. The molecule has 0 aliphatic heterocycles. The molecule has 0 atom stereocenters. The van der Waals surface area contributed by atoms with Crippen LogP contribution in [0, 0.1) is 11.3 Å². The van der Waals surface area contributed by atoms with Crippen LogP contribution in [0.1, 0.15) is 52.0 Å². The van der Waals surface area contributed by atoms with Crippen LogP contribution >= 0.6 is 24.0 Å². The van der Waals surface area contributed by atoms with Gasteiger partial charge in [0.15, 0.2) is 24.1 Å². The third-order valence-corrected chi connectivity index (χ3v) is 5.53. The fourth-order valence-electron chi connectivity index (χ4n) is 4.01. The van der Waals surface area contributed by atoms with E-state index in [-0.39, 0.29) is 36.5 Å². The van der Waals surface area contributed by atoms with Crippen molar-refractivity contribution in [3.63, 3.8) is 0 Å². The monoisotopic (exact) mass is 546 g/mol. The van der Waals surface area contributed by atoms with Crippen LogP contribution in [-0.4, -0.2) is 45.7 Å². The Morgan fingerprint density at radius 1 is 1.19 bits per heavy atom. The number of hydrogen-bond donors (Lipinski definition) is 3. The summed E-state index contributed by atoms with van der Waals surface area (Å²) in [5, 5.41) is 9.60. The molecule has 176 valence electrons. The van der Waals surface area contributed by atoms with E-state index in [9.17, 15) is 4.79 Å². The number of amides is 1. The standard InChI is InChI=1S/C23H38N4O3.HI/c1-6-25-21(28)15-30-19-9-8-18(12-20(19)29-5)14-26-22(24-4)27-16-23(10-7-11-23)13-17(2)3;/h8-9,12,17H,6-7,10-11,13-16H2,1-5H3,(H,25,28)(H2,24,26,27);1H. The van der Waals surface area contributed by atoms with Gasteiger partial charge in [-0.25, -0.2) is 0 Å². The molecule has 0 spiro atoms. The van der Waals surface area contributed by atoms with E-state index in [1.54, 1.807) is 14.2 Å². The van der Waals surface area contributed by atoms with Crippen molar-refractivity contribution in [1.29, 1.82) is 0 Å². The van der Waals surface area contributed by atoms with E-state index in [1.165, 1.54) is 25.7 Å². The largest absolute Gasteiger partial charge is 0.493 e. The van der Waals surface area contributed by atoms with Crippen LogP contribution in [0.15, 0.2) is 23.2 Å². The summed E-state index contributed by atoms with van der Waals surface area (Å²) in [4.78, 5) is 16.0. The Hall–Kier alpha value is -1.71. The number of nitrogens with one attached hydrogen (secondary N) is 3. The van der Waals surface area contributed by atoms with Crippen molar-refractivity contribution in [3.8, 4) is 11.5 Å². The van der Waals surface area contributed by atoms with E-state index >= 15 is 0 Å². The number of carbonyl (C=O) groups excluding carboxylic acids is 1. The van der Waals surface area contributed by atoms with Gasteiger partial charge in [0.1, 0.15) is 0 Å². The molecule has 0 heterocycles. The van der Waals surface area contributed by atoms with E-state index in [4.69, 9.17) is 9.47 Å². The zero-order valence-electron chi connectivity index (χ0n) is 19.5. The lowest BCUT2D eigenvalue weighted by atomic mass is 9.64. The Labute approximate surface area is 204 Å². The number of benzene rings is 1. The van der Waals surface area contributed by atoms with Crippen molar-refractivity contribution in [2.45, 2.75) is 53.0 Å². The summed E-state index contributed by atoms with van der Waals surface area (Å²) in [5.41, 5.74) is 1.46. The molecular weight excluding hydrogens is 507 g/mol. The molecule has 1 fully saturated rings. The van der Waals surface area contributed by atoms with Crippen molar-refractivity contribution in [1.82, 2.24) is 16.0 Å². The average molecular weight is 546 g/mol. The Morgan fingerprint density at radius 3 is 2.48 bits per heavy atom. The van der Waals surface area contributed by atoms with Crippen molar-refractivity contribution < 1.29 is 14.3 Å². The van der Waals surface area contributed by atoms with Crippen molar-refractivity contribution in [2.24, 2.45) is 16.3 Å². The zero-order chi connectivity index (χ0) is 22.0. The molecule has 31 heavy (non-hydrogen) atoms. The molecule has 0 bridgehead atoms. The lowest BCUT2D eigenvalue weighted by Gasteiger charge is -2.43. The van der Waals surface area contributed by atoms with E-state index in [2.05, 4.69) is 34.8 Å². The number of aliphatic imine (C=N–C) groups is 1. The number of halogens is 1. The Bertz CT molecular complexity index is 721. The van der Waals surface area contributed by atoms with Crippen LogP contribution in [0.3, 0.4) is 0 Å². The summed E-state index contributed by atoms with van der Waals surface area (Å²) in [6, 6.07) is 5.71. The summed E-state index contributed by atoms with van der Waals surface area (Å²) < 4.78 is 11.0. The highest BCUT2D eigenvalue weighted by atomic mass is 127.